The van der Waals surface area contributed by atoms with Crippen LogP contribution in [-0.4, -0.2) is 34.9 Å². The van der Waals surface area contributed by atoms with Crippen LogP contribution in [0.1, 0.15) is 27.8 Å². The van der Waals surface area contributed by atoms with Gasteiger partial charge in [0.2, 0.25) is 5.91 Å². The summed E-state index contributed by atoms with van der Waals surface area (Å²) in [5, 5.41) is 12.4. The van der Waals surface area contributed by atoms with Crippen molar-refractivity contribution < 1.29 is 19.1 Å². The van der Waals surface area contributed by atoms with E-state index in [4.69, 9.17) is 4.42 Å². The number of rotatable bonds is 5. The lowest BCUT2D eigenvalue weighted by molar-refractivity contribution is -0.121. The van der Waals surface area contributed by atoms with Crippen LogP contribution in [0.5, 0.6) is 0 Å². The summed E-state index contributed by atoms with van der Waals surface area (Å²) in [4.78, 5) is 25.6. The molecule has 0 fully saturated rings. The van der Waals surface area contributed by atoms with Crippen molar-refractivity contribution in [2.24, 2.45) is 0 Å². The second kappa shape index (κ2) is 6.10. The second-order valence-electron chi connectivity index (χ2n) is 5.22. The van der Waals surface area contributed by atoms with Gasteiger partial charge >= 0.3 is 0 Å². The Morgan fingerprint density at radius 2 is 2.00 bits per heavy atom. The number of hydrogen-bond donors (Lipinski definition) is 2. The van der Waals surface area contributed by atoms with Crippen LogP contribution in [0.2, 0.25) is 0 Å². The summed E-state index contributed by atoms with van der Waals surface area (Å²) >= 11 is 0. The molecule has 0 aliphatic carbocycles. The normalized spacial score (nSPS) is 14.7. The van der Waals surface area contributed by atoms with Crippen molar-refractivity contribution in [1.29, 1.82) is 0 Å². The Hall–Kier alpha value is -2.86. The fraction of sp³-hybridized carbons (Fsp3) is 0.176. The largest absolute Gasteiger partial charge is 0.467 e. The van der Waals surface area contributed by atoms with Crippen molar-refractivity contribution in [3.63, 3.8) is 0 Å². The molecule has 3 rings (SSSR count). The third-order valence-electron chi connectivity index (χ3n) is 3.71. The van der Waals surface area contributed by atoms with Crippen LogP contribution in [0.15, 0.2) is 53.7 Å². The number of carbonyl (C=O) groups excluding carboxylic acids is 2. The lowest BCUT2D eigenvalue weighted by Crippen LogP contribution is -2.38. The summed E-state index contributed by atoms with van der Waals surface area (Å²) in [7, 11) is 0. The molecule has 2 heterocycles. The van der Waals surface area contributed by atoms with Crippen molar-refractivity contribution in [1.82, 2.24) is 10.2 Å². The molecular weight excluding hydrogens is 296 g/mol. The van der Waals surface area contributed by atoms with Gasteiger partial charge in [-0.05, 0) is 18.2 Å². The number of aliphatic hydroxyl groups excluding tert-OH is 1. The topological polar surface area (TPSA) is 82.8 Å². The first-order valence-electron chi connectivity index (χ1n) is 7.16. The predicted octanol–water partition coefficient (Wildman–Crippen LogP) is 1.56. The van der Waals surface area contributed by atoms with Crippen LogP contribution in [-0.2, 0) is 4.79 Å². The van der Waals surface area contributed by atoms with Gasteiger partial charge < -0.3 is 14.8 Å². The van der Waals surface area contributed by atoms with Gasteiger partial charge in [-0.15, -0.1) is 0 Å². The highest BCUT2D eigenvalue weighted by molar-refractivity contribution is 6.10. The minimum Gasteiger partial charge on any atom is -0.467 e. The van der Waals surface area contributed by atoms with Crippen LogP contribution in [0, 0.1) is 0 Å². The van der Waals surface area contributed by atoms with Crippen molar-refractivity contribution in [2.45, 2.75) is 6.10 Å². The van der Waals surface area contributed by atoms with Gasteiger partial charge in [-0.3, -0.25) is 14.5 Å². The van der Waals surface area contributed by atoms with Gasteiger partial charge in [0.05, 0.1) is 12.8 Å². The monoisotopic (exact) mass is 312 g/mol. The third kappa shape index (κ3) is 2.89. The molecule has 1 unspecified atom stereocenters. The number of amides is 2. The zero-order chi connectivity index (χ0) is 16.4. The minimum atomic E-state index is -0.927. The van der Waals surface area contributed by atoms with E-state index >= 15 is 0 Å². The molecule has 6 nitrogen and oxygen atoms in total. The molecule has 1 aliphatic heterocycles. The molecule has 118 valence electrons. The minimum absolute atomic E-state index is 0.00774. The van der Waals surface area contributed by atoms with Gasteiger partial charge in [0.25, 0.3) is 5.91 Å². The smallest absolute Gasteiger partial charge is 0.259 e. The standard InChI is InChI=1S/C17H16N2O4/c1-11-12-5-2-3-6-13(12)17(22)19(11)10-16(21)18-9-14(20)15-7-4-8-23-15/h2-8,14,20H,1,9-10H2,(H,18,21). The Morgan fingerprint density at radius 3 is 2.65 bits per heavy atom. The number of aliphatic hydroxyl groups is 1. The van der Waals surface area contributed by atoms with E-state index in [0.717, 1.165) is 5.56 Å². The highest BCUT2D eigenvalue weighted by atomic mass is 16.4. The van der Waals surface area contributed by atoms with E-state index in [-0.39, 0.29) is 24.9 Å². The number of hydrogen-bond acceptors (Lipinski definition) is 4. The quantitative estimate of drug-likeness (QED) is 0.877. The maximum Gasteiger partial charge on any atom is 0.259 e. The molecule has 6 heteroatoms. The summed E-state index contributed by atoms with van der Waals surface area (Å²) in [6.45, 7) is 3.74. The second-order valence-corrected chi connectivity index (χ2v) is 5.22. The van der Waals surface area contributed by atoms with Crippen molar-refractivity contribution in [2.75, 3.05) is 13.1 Å². The van der Waals surface area contributed by atoms with Gasteiger partial charge in [0, 0.05) is 16.8 Å². The first-order chi connectivity index (χ1) is 11.1. The summed E-state index contributed by atoms with van der Waals surface area (Å²) in [5.41, 5.74) is 1.79. The van der Waals surface area contributed by atoms with Crippen molar-refractivity contribution in [3.8, 4) is 0 Å². The summed E-state index contributed by atoms with van der Waals surface area (Å²) in [6, 6.07) is 10.4. The van der Waals surface area contributed by atoms with E-state index in [1.54, 1.807) is 30.3 Å². The SMILES string of the molecule is C=C1c2ccccc2C(=O)N1CC(=O)NCC(O)c1ccco1. The number of carbonyl (C=O) groups is 2. The molecular formula is C17H16N2O4. The molecule has 0 bridgehead atoms. The number of fused-ring (bicyclic) bond motifs is 1. The lowest BCUT2D eigenvalue weighted by Gasteiger charge is -2.17. The highest BCUT2D eigenvalue weighted by Crippen LogP contribution is 2.30. The zero-order valence-corrected chi connectivity index (χ0v) is 12.4. The number of benzene rings is 1. The third-order valence-corrected chi connectivity index (χ3v) is 3.71. The van der Waals surface area contributed by atoms with E-state index in [9.17, 15) is 14.7 Å². The molecule has 2 N–H and O–H groups in total. The van der Waals surface area contributed by atoms with Crippen LogP contribution in [0.3, 0.4) is 0 Å². The first kappa shape index (κ1) is 15.1. The average Bonchev–Trinajstić information content (AvgIpc) is 3.17. The molecule has 0 saturated carbocycles. The van der Waals surface area contributed by atoms with Crippen molar-refractivity contribution >= 4 is 17.5 Å². The van der Waals surface area contributed by atoms with Crippen LogP contribution in [0.25, 0.3) is 5.70 Å². The zero-order valence-electron chi connectivity index (χ0n) is 12.4. The van der Waals surface area contributed by atoms with Gasteiger partial charge in [0.1, 0.15) is 18.4 Å². The Morgan fingerprint density at radius 1 is 1.26 bits per heavy atom. The Kier molecular flexibility index (Phi) is 3.99. The Labute approximate surface area is 133 Å². The van der Waals surface area contributed by atoms with Gasteiger partial charge in [0.15, 0.2) is 0 Å². The Bertz CT molecular complexity index is 717. The molecule has 1 aromatic heterocycles. The van der Waals surface area contributed by atoms with E-state index in [1.165, 1.54) is 11.2 Å². The van der Waals surface area contributed by atoms with E-state index in [1.807, 2.05) is 6.07 Å². The molecule has 0 saturated heterocycles. The van der Waals surface area contributed by atoms with E-state index in [0.29, 0.717) is 17.0 Å². The predicted molar refractivity (Wildman–Crippen MR) is 83.2 cm³/mol. The molecule has 1 atom stereocenters. The fourth-order valence-electron chi connectivity index (χ4n) is 2.49. The molecule has 1 aliphatic rings. The molecule has 2 aromatic rings. The summed E-state index contributed by atoms with van der Waals surface area (Å²) < 4.78 is 5.06. The van der Waals surface area contributed by atoms with Crippen LogP contribution < -0.4 is 5.32 Å². The highest BCUT2D eigenvalue weighted by Gasteiger charge is 2.31. The average molecular weight is 312 g/mol. The maximum atomic E-state index is 12.3. The van der Waals surface area contributed by atoms with E-state index in [2.05, 4.69) is 11.9 Å². The van der Waals surface area contributed by atoms with Gasteiger partial charge in [-0.1, -0.05) is 24.8 Å². The number of nitrogens with one attached hydrogen (secondary N) is 1. The molecule has 0 radical (unpaired) electrons. The van der Waals surface area contributed by atoms with Gasteiger partial charge in [-0.2, -0.15) is 0 Å². The number of furan rings is 1. The lowest BCUT2D eigenvalue weighted by atomic mass is 10.1. The summed E-state index contributed by atoms with van der Waals surface area (Å²) in [5.74, 6) is -0.246. The number of nitrogens with zero attached hydrogens (tertiary/aromatic N) is 1. The fourth-order valence-corrected chi connectivity index (χ4v) is 2.49. The van der Waals surface area contributed by atoms with Gasteiger partial charge in [-0.25, -0.2) is 0 Å². The Balaban J connectivity index is 1.59. The molecule has 2 amide bonds. The molecule has 23 heavy (non-hydrogen) atoms. The first-order valence-corrected chi connectivity index (χ1v) is 7.16. The van der Waals surface area contributed by atoms with Crippen LogP contribution >= 0.6 is 0 Å². The molecule has 0 spiro atoms. The van der Waals surface area contributed by atoms with Crippen LogP contribution in [0.4, 0.5) is 0 Å². The van der Waals surface area contributed by atoms with Crippen molar-refractivity contribution in [3.05, 3.63) is 66.1 Å². The van der Waals surface area contributed by atoms with E-state index < -0.39 is 6.10 Å². The maximum absolute atomic E-state index is 12.3. The molecule has 1 aromatic carbocycles. The summed E-state index contributed by atoms with van der Waals surface area (Å²) in [6.07, 6.45) is 0.522.